The van der Waals surface area contributed by atoms with Gasteiger partial charge in [-0.15, -0.1) is 0 Å². The van der Waals surface area contributed by atoms with Gasteiger partial charge in [-0.3, -0.25) is 0 Å². The van der Waals surface area contributed by atoms with E-state index in [9.17, 15) is 4.39 Å². The summed E-state index contributed by atoms with van der Waals surface area (Å²) in [6.07, 6.45) is 1.69. The van der Waals surface area contributed by atoms with Crippen molar-refractivity contribution < 1.29 is 4.39 Å². The van der Waals surface area contributed by atoms with Crippen LogP contribution in [-0.2, 0) is 0 Å². The van der Waals surface area contributed by atoms with E-state index in [1.807, 2.05) is 19.9 Å². The molecule has 2 aromatic rings. The first-order valence-electron chi connectivity index (χ1n) is 6.44. The second kappa shape index (κ2) is 6.33. The largest absolute Gasteiger partial charge is 0.383 e. The third-order valence-electron chi connectivity index (χ3n) is 3.21. The Bertz CT molecular complexity index is 596. The molecule has 0 bridgehead atoms. The molecule has 0 amide bonds. The Labute approximate surface area is 126 Å². The monoisotopic (exact) mass is 337 g/mol. The van der Waals surface area contributed by atoms with Gasteiger partial charge in [0, 0.05) is 16.2 Å². The van der Waals surface area contributed by atoms with Crippen LogP contribution in [0.3, 0.4) is 0 Å². The lowest BCUT2D eigenvalue weighted by molar-refractivity contribution is 0.609. The molecule has 5 heteroatoms. The van der Waals surface area contributed by atoms with E-state index in [0.29, 0.717) is 10.3 Å². The van der Waals surface area contributed by atoms with Gasteiger partial charge in [-0.2, -0.15) is 0 Å². The fourth-order valence-corrected chi connectivity index (χ4v) is 2.85. The van der Waals surface area contributed by atoms with Gasteiger partial charge in [0.15, 0.2) is 0 Å². The fraction of sp³-hybridized carbons (Fsp3) is 0.267. The van der Waals surface area contributed by atoms with Crippen molar-refractivity contribution in [3.8, 4) is 0 Å². The highest BCUT2D eigenvalue weighted by atomic mass is 79.9. The van der Waals surface area contributed by atoms with Crippen LogP contribution in [0.4, 0.5) is 10.2 Å². The number of hydrogen-bond donors (Lipinski definition) is 2. The highest BCUT2D eigenvalue weighted by Crippen LogP contribution is 2.33. The van der Waals surface area contributed by atoms with Crippen LogP contribution in [0.25, 0.3) is 0 Å². The normalized spacial score (nSPS) is 12.4. The average Bonchev–Trinajstić information content (AvgIpc) is 2.38. The summed E-state index contributed by atoms with van der Waals surface area (Å²) in [5.74, 6) is 0.221. The summed E-state index contributed by atoms with van der Waals surface area (Å²) >= 11 is 3.42. The number of nitrogens with one attached hydrogen (secondary N) is 1. The van der Waals surface area contributed by atoms with Crippen molar-refractivity contribution in [1.82, 2.24) is 10.3 Å². The SMILES string of the molecule is CCNC(c1ccc(F)cc1Br)c1c(C)ccnc1N. The summed E-state index contributed by atoms with van der Waals surface area (Å²) in [6, 6.07) is 6.48. The maximum atomic E-state index is 13.3. The van der Waals surface area contributed by atoms with Gasteiger partial charge in [-0.1, -0.05) is 28.9 Å². The lowest BCUT2D eigenvalue weighted by atomic mass is 9.95. The molecule has 0 saturated heterocycles. The van der Waals surface area contributed by atoms with Gasteiger partial charge < -0.3 is 11.1 Å². The Morgan fingerprint density at radius 2 is 2.15 bits per heavy atom. The summed E-state index contributed by atoms with van der Waals surface area (Å²) in [7, 11) is 0. The topological polar surface area (TPSA) is 50.9 Å². The number of nitrogens with two attached hydrogens (primary N) is 1. The highest BCUT2D eigenvalue weighted by Gasteiger charge is 2.21. The quantitative estimate of drug-likeness (QED) is 0.896. The number of hydrogen-bond acceptors (Lipinski definition) is 3. The molecule has 0 aliphatic carbocycles. The van der Waals surface area contributed by atoms with Crippen molar-refractivity contribution in [1.29, 1.82) is 0 Å². The van der Waals surface area contributed by atoms with E-state index < -0.39 is 0 Å². The molecule has 106 valence electrons. The van der Waals surface area contributed by atoms with Gasteiger partial charge in [-0.05, 0) is 42.8 Å². The van der Waals surface area contributed by atoms with Crippen molar-refractivity contribution in [2.75, 3.05) is 12.3 Å². The number of halogens is 2. The van der Waals surface area contributed by atoms with Crippen molar-refractivity contribution >= 4 is 21.7 Å². The number of aryl methyl sites for hydroxylation is 1. The summed E-state index contributed by atoms with van der Waals surface area (Å²) in [4.78, 5) is 4.16. The van der Waals surface area contributed by atoms with Crippen molar-refractivity contribution in [3.63, 3.8) is 0 Å². The summed E-state index contributed by atoms with van der Waals surface area (Å²) in [5.41, 5.74) is 8.96. The zero-order chi connectivity index (χ0) is 14.7. The molecular weight excluding hydrogens is 321 g/mol. The smallest absolute Gasteiger partial charge is 0.128 e. The van der Waals surface area contributed by atoms with E-state index in [4.69, 9.17) is 5.73 Å². The second-order valence-corrected chi connectivity index (χ2v) is 5.44. The molecule has 0 radical (unpaired) electrons. The summed E-state index contributed by atoms with van der Waals surface area (Å²) in [6.45, 7) is 4.78. The number of rotatable bonds is 4. The van der Waals surface area contributed by atoms with Gasteiger partial charge in [0.25, 0.3) is 0 Å². The van der Waals surface area contributed by atoms with Crippen LogP contribution in [0, 0.1) is 12.7 Å². The zero-order valence-corrected chi connectivity index (χ0v) is 13.0. The molecule has 1 aromatic carbocycles. The van der Waals surface area contributed by atoms with Crippen molar-refractivity contribution in [2.45, 2.75) is 19.9 Å². The van der Waals surface area contributed by atoms with Crippen molar-refractivity contribution in [3.05, 3.63) is 57.4 Å². The fourth-order valence-electron chi connectivity index (χ4n) is 2.27. The van der Waals surface area contributed by atoms with Crippen LogP contribution in [0.15, 0.2) is 34.9 Å². The molecule has 0 spiro atoms. The van der Waals surface area contributed by atoms with Crippen LogP contribution in [0.2, 0.25) is 0 Å². The lowest BCUT2D eigenvalue weighted by Gasteiger charge is -2.23. The van der Waals surface area contributed by atoms with Crippen molar-refractivity contribution in [2.24, 2.45) is 0 Å². The molecule has 0 aliphatic rings. The average molecular weight is 338 g/mol. The van der Waals surface area contributed by atoms with E-state index >= 15 is 0 Å². The number of nitrogens with zero attached hydrogens (tertiary/aromatic N) is 1. The molecule has 20 heavy (non-hydrogen) atoms. The van der Waals surface area contributed by atoms with Gasteiger partial charge in [0.2, 0.25) is 0 Å². The molecule has 2 rings (SSSR count). The van der Waals surface area contributed by atoms with Crippen LogP contribution in [0.5, 0.6) is 0 Å². The molecule has 0 saturated carbocycles. The molecule has 1 unspecified atom stereocenters. The van der Waals surface area contributed by atoms with Gasteiger partial charge in [-0.25, -0.2) is 9.37 Å². The maximum absolute atomic E-state index is 13.3. The Hall–Kier alpha value is -1.46. The molecule has 0 aliphatic heterocycles. The first-order valence-corrected chi connectivity index (χ1v) is 7.23. The molecule has 1 heterocycles. The number of anilines is 1. The van der Waals surface area contributed by atoms with Crippen LogP contribution in [-0.4, -0.2) is 11.5 Å². The maximum Gasteiger partial charge on any atom is 0.128 e. The summed E-state index contributed by atoms with van der Waals surface area (Å²) < 4.78 is 14.0. The Balaban J connectivity index is 2.56. The van der Waals surface area contributed by atoms with E-state index in [1.54, 1.807) is 12.3 Å². The number of aromatic nitrogens is 1. The minimum Gasteiger partial charge on any atom is -0.383 e. The third kappa shape index (κ3) is 2.99. The second-order valence-electron chi connectivity index (χ2n) is 4.58. The number of nitrogen functional groups attached to an aromatic ring is 1. The molecular formula is C15H17BrFN3. The van der Waals surface area contributed by atoms with Crippen LogP contribution < -0.4 is 11.1 Å². The predicted octanol–water partition coefficient (Wildman–Crippen LogP) is 3.57. The third-order valence-corrected chi connectivity index (χ3v) is 3.90. The van der Waals surface area contributed by atoms with E-state index in [-0.39, 0.29) is 11.9 Å². The molecule has 3 N–H and O–H groups in total. The van der Waals surface area contributed by atoms with Crippen LogP contribution >= 0.6 is 15.9 Å². The van der Waals surface area contributed by atoms with E-state index in [1.165, 1.54) is 12.1 Å². The lowest BCUT2D eigenvalue weighted by Crippen LogP contribution is -2.24. The Kier molecular flexibility index (Phi) is 4.73. The first-order chi connectivity index (χ1) is 9.54. The predicted molar refractivity (Wildman–Crippen MR) is 83.0 cm³/mol. The molecule has 1 aromatic heterocycles. The molecule has 3 nitrogen and oxygen atoms in total. The van der Waals surface area contributed by atoms with Gasteiger partial charge in [0.1, 0.15) is 11.6 Å². The first kappa shape index (κ1) is 14.9. The van der Waals surface area contributed by atoms with Gasteiger partial charge in [0.05, 0.1) is 6.04 Å². The zero-order valence-electron chi connectivity index (χ0n) is 11.5. The van der Waals surface area contributed by atoms with E-state index in [0.717, 1.165) is 23.2 Å². The molecule has 1 atom stereocenters. The standard InChI is InChI=1S/C15H17BrFN3/c1-3-19-14(11-5-4-10(17)8-12(11)16)13-9(2)6-7-20-15(13)18/h4-8,14,19H,3H2,1-2H3,(H2,18,20). The van der Waals surface area contributed by atoms with Crippen LogP contribution in [0.1, 0.15) is 29.7 Å². The minimum absolute atomic E-state index is 0.122. The highest BCUT2D eigenvalue weighted by molar-refractivity contribution is 9.10. The summed E-state index contributed by atoms with van der Waals surface area (Å²) in [5, 5.41) is 3.38. The number of pyridine rings is 1. The Morgan fingerprint density at radius 1 is 1.40 bits per heavy atom. The van der Waals surface area contributed by atoms with E-state index in [2.05, 4.69) is 26.2 Å². The van der Waals surface area contributed by atoms with Gasteiger partial charge >= 0.3 is 0 Å². The number of benzene rings is 1. The Morgan fingerprint density at radius 3 is 2.75 bits per heavy atom. The minimum atomic E-state index is -0.272. The molecule has 0 fully saturated rings.